The summed E-state index contributed by atoms with van der Waals surface area (Å²) < 4.78 is 0. The van der Waals surface area contributed by atoms with Crippen LogP contribution in [0.25, 0.3) is 0 Å². The number of likely N-dealkylation sites (N-methyl/N-ethyl adjacent to an activating group) is 1. The first-order valence-electron chi connectivity index (χ1n) is 6.78. The Morgan fingerprint density at radius 3 is 2.44 bits per heavy atom. The molecule has 3 nitrogen and oxygen atoms in total. The highest BCUT2D eigenvalue weighted by Crippen LogP contribution is 2.40. The SMILES string of the molecule is CN1C(=O)C2(CCCC2)NC1C1CCCC1. The fourth-order valence-corrected chi connectivity index (χ4v) is 3.95. The van der Waals surface area contributed by atoms with Crippen LogP contribution in [0.4, 0.5) is 0 Å². The van der Waals surface area contributed by atoms with Crippen LogP contribution in [0.5, 0.6) is 0 Å². The normalized spacial score (nSPS) is 34.4. The fourth-order valence-electron chi connectivity index (χ4n) is 3.95. The Balaban J connectivity index is 1.79. The van der Waals surface area contributed by atoms with Gasteiger partial charge in [0.25, 0.3) is 0 Å². The Labute approximate surface area is 97.6 Å². The summed E-state index contributed by atoms with van der Waals surface area (Å²) in [6.07, 6.45) is 10.1. The molecule has 1 unspecified atom stereocenters. The van der Waals surface area contributed by atoms with Crippen LogP contribution >= 0.6 is 0 Å². The third kappa shape index (κ3) is 1.41. The molecule has 2 saturated carbocycles. The van der Waals surface area contributed by atoms with E-state index in [9.17, 15) is 4.79 Å². The zero-order valence-corrected chi connectivity index (χ0v) is 10.2. The number of amides is 1. The largest absolute Gasteiger partial charge is 0.328 e. The van der Waals surface area contributed by atoms with Gasteiger partial charge in [-0.15, -0.1) is 0 Å². The van der Waals surface area contributed by atoms with Crippen molar-refractivity contribution in [2.75, 3.05) is 7.05 Å². The van der Waals surface area contributed by atoms with Crippen LogP contribution in [0, 0.1) is 5.92 Å². The van der Waals surface area contributed by atoms with Gasteiger partial charge in [0, 0.05) is 7.05 Å². The Kier molecular flexibility index (Phi) is 2.46. The van der Waals surface area contributed by atoms with Crippen LogP contribution in [0.2, 0.25) is 0 Å². The minimum atomic E-state index is -0.165. The molecule has 1 amide bonds. The van der Waals surface area contributed by atoms with Crippen molar-refractivity contribution < 1.29 is 4.79 Å². The molecule has 16 heavy (non-hydrogen) atoms. The van der Waals surface area contributed by atoms with Crippen LogP contribution in [0.1, 0.15) is 51.4 Å². The molecule has 0 radical (unpaired) electrons. The van der Waals surface area contributed by atoms with Gasteiger partial charge in [-0.25, -0.2) is 0 Å². The molecule has 1 aliphatic heterocycles. The molecule has 0 bridgehead atoms. The molecular weight excluding hydrogens is 200 g/mol. The molecule has 1 atom stereocenters. The number of nitrogens with one attached hydrogen (secondary N) is 1. The van der Waals surface area contributed by atoms with Crippen molar-refractivity contribution in [1.82, 2.24) is 10.2 Å². The Morgan fingerprint density at radius 1 is 1.19 bits per heavy atom. The van der Waals surface area contributed by atoms with Gasteiger partial charge in [-0.05, 0) is 31.6 Å². The summed E-state index contributed by atoms with van der Waals surface area (Å²) in [5.74, 6) is 1.07. The maximum absolute atomic E-state index is 12.4. The van der Waals surface area contributed by atoms with Crippen molar-refractivity contribution in [3.8, 4) is 0 Å². The molecule has 2 aliphatic carbocycles. The number of nitrogens with zero attached hydrogens (tertiary/aromatic N) is 1. The highest BCUT2D eigenvalue weighted by Gasteiger charge is 2.52. The average Bonchev–Trinajstić information content (AvgIpc) is 2.98. The van der Waals surface area contributed by atoms with Crippen LogP contribution in [0.3, 0.4) is 0 Å². The van der Waals surface area contributed by atoms with Crippen molar-refractivity contribution in [3.63, 3.8) is 0 Å². The number of hydrogen-bond acceptors (Lipinski definition) is 2. The van der Waals surface area contributed by atoms with E-state index in [1.165, 1.54) is 38.5 Å². The quantitative estimate of drug-likeness (QED) is 0.734. The summed E-state index contributed by atoms with van der Waals surface area (Å²) in [6, 6.07) is 0. The van der Waals surface area contributed by atoms with Gasteiger partial charge in [-0.2, -0.15) is 0 Å². The molecular formula is C13H22N2O. The first-order chi connectivity index (χ1) is 7.73. The van der Waals surface area contributed by atoms with Crippen molar-refractivity contribution in [2.24, 2.45) is 5.92 Å². The topological polar surface area (TPSA) is 32.3 Å². The maximum Gasteiger partial charge on any atom is 0.243 e. The first-order valence-corrected chi connectivity index (χ1v) is 6.78. The Bertz CT molecular complexity index is 290. The molecule has 0 aromatic carbocycles. The molecule has 3 rings (SSSR count). The third-order valence-electron chi connectivity index (χ3n) is 4.87. The number of rotatable bonds is 1. The standard InChI is InChI=1S/C13H22N2O/c1-15-11(10-6-2-3-7-10)14-13(12(15)16)8-4-5-9-13/h10-11,14H,2-9H2,1H3. The summed E-state index contributed by atoms with van der Waals surface area (Å²) in [5, 5.41) is 3.68. The monoisotopic (exact) mass is 222 g/mol. The van der Waals surface area contributed by atoms with Gasteiger partial charge < -0.3 is 4.90 Å². The summed E-state index contributed by atoms with van der Waals surface area (Å²) in [6.45, 7) is 0. The third-order valence-corrected chi connectivity index (χ3v) is 4.87. The number of hydrogen-bond donors (Lipinski definition) is 1. The van der Waals surface area contributed by atoms with E-state index in [0.29, 0.717) is 18.0 Å². The maximum atomic E-state index is 12.4. The Morgan fingerprint density at radius 2 is 1.81 bits per heavy atom. The van der Waals surface area contributed by atoms with Crippen LogP contribution in [-0.2, 0) is 4.79 Å². The molecule has 3 heteroatoms. The lowest BCUT2D eigenvalue weighted by atomic mass is 9.97. The van der Waals surface area contributed by atoms with E-state index in [4.69, 9.17) is 0 Å². The molecule has 3 fully saturated rings. The van der Waals surface area contributed by atoms with Crippen molar-refractivity contribution >= 4 is 5.91 Å². The van der Waals surface area contributed by atoms with Gasteiger partial charge in [0.15, 0.2) is 0 Å². The van der Waals surface area contributed by atoms with E-state index in [-0.39, 0.29) is 5.54 Å². The fraction of sp³-hybridized carbons (Fsp3) is 0.923. The molecule has 3 aliphatic rings. The van der Waals surface area contributed by atoms with E-state index >= 15 is 0 Å². The minimum Gasteiger partial charge on any atom is -0.328 e. The van der Waals surface area contributed by atoms with E-state index in [0.717, 1.165) is 12.8 Å². The predicted molar refractivity (Wildman–Crippen MR) is 62.9 cm³/mol. The Hall–Kier alpha value is -0.570. The van der Waals surface area contributed by atoms with E-state index < -0.39 is 0 Å². The molecule has 0 aromatic heterocycles. The van der Waals surface area contributed by atoms with Gasteiger partial charge in [-0.1, -0.05) is 25.7 Å². The van der Waals surface area contributed by atoms with E-state index in [1.54, 1.807) is 0 Å². The zero-order valence-electron chi connectivity index (χ0n) is 10.2. The second kappa shape index (κ2) is 3.73. The van der Waals surface area contributed by atoms with Crippen molar-refractivity contribution in [3.05, 3.63) is 0 Å². The minimum absolute atomic E-state index is 0.165. The molecule has 1 saturated heterocycles. The molecule has 1 spiro atoms. The van der Waals surface area contributed by atoms with Crippen LogP contribution < -0.4 is 5.32 Å². The zero-order chi connectivity index (χ0) is 11.2. The second-order valence-corrected chi connectivity index (χ2v) is 5.84. The van der Waals surface area contributed by atoms with Gasteiger partial charge in [-0.3, -0.25) is 10.1 Å². The smallest absolute Gasteiger partial charge is 0.243 e. The lowest BCUT2D eigenvalue weighted by Crippen LogP contribution is -2.46. The van der Waals surface area contributed by atoms with Gasteiger partial charge in [0.05, 0.1) is 11.7 Å². The molecule has 90 valence electrons. The van der Waals surface area contributed by atoms with Crippen molar-refractivity contribution in [2.45, 2.75) is 63.1 Å². The highest BCUT2D eigenvalue weighted by molar-refractivity contribution is 5.89. The first kappa shape index (κ1) is 10.6. The lowest BCUT2D eigenvalue weighted by Gasteiger charge is -2.25. The average molecular weight is 222 g/mol. The summed E-state index contributed by atoms with van der Waals surface area (Å²) in [4.78, 5) is 14.4. The van der Waals surface area contributed by atoms with E-state index in [1.807, 2.05) is 11.9 Å². The van der Waals surface area contributed by atoms with E-state index in [2.05, 4.69) is 5.32 Å². The summed E-state index contributed by atoms with van der Waals surface area (Å²) in [5.41, 5.74) is -0.165. The highest BCUT2D eigenvalue weighted by atomic mass is 16.2. The number of carbonyl (C=O) groups excluding carboxylic acids is 1. The molecule has 1 N–H and O–H groups in total. The number of carbonyl (C=O) groups is 1. The summed E-state index contributed by atoms with van der Waals surface area (Å²) >= 11 is 0. The van der Waals surface area contributed by atoms with Crippen LogP contribution in [0.15, 0.2) is 0 Å². The summed E-state index contributed by atoms with van der Waals surface area (Å²) in [7, 11) is 1.99. The molecule has 0 aromatic rings. The lowest BCUT2D eigenvalue weighted by molar-refractivity contribution is -0.132. The van der Waals surface area contributed by atoms with Crippen LogP contribution in [-0.4, -0.2) is 29.6 Å². The predicted octanol–water partition coefficient (Wildman–Crippen LogP) is 1.88. The van der Waals surface area contributed by atoms with Gasteiger partial charge in [0.2, 0.25) is 5.91 Å². The van der Waals surface area contributed by atoms with Gasteiger partial charge >= 0.3 is 0 Å². The van der Waals surface area contributed by atoms with Crippen molar-refractivity contribution in [1.29, 1.82) is 0 Å². The van der Waals surface area contributed by atoms with Gasteiger partial charge in [0.1, 0.15) is 0 Å². The second-order valence-electron chi connectivity index (χ2n) is 5.84. The molecule has 1 heterocycles.